The zero-order chi connectivity index (χ0) is 24.1. The number of rotatable bonds is 6. The third kappa shape index (κ3) is 5.55. The standard InChI is InChI=1S/C26H32N4O4/c27-24(31)22-15-21(16-28-17-22)23-14-19(9-12-30(23)26(33)34)8-7-18-5-4-6-20(13-18)25(32)29-10-2-1-3-11-29/h4-6,13,15-17,19,23H,1-3,7-12,14H2,(H2,27,31)(H,33,34). The predicted molar refractivity (Wildman–Crippen MR) is 127 cm³/mol. The van der Waals surface area contributed by atoms with Crippen molar-refractivity contribution in [3.63, 3.8) is 0 Å². The van der Waals surface area contributed by atoms with E-state index in [1.807, 2.05) is 23.1 Å². The van der Waals surface area contributed by atoms with E-state index in [-0.39, 0.29) is 17.5 Å². The number of benzene rings is 1. The van der Waals surface area contributed by atoms with Gasteiger partial charge in [0, 0.05) is 37.6 Å². The van der Waals surface area contributed by atoms with Gasteiger partial charge >= 0.3 is 6.09 Å². The highest BCUT2D eigenvalue weighted by atomic mass is 16.4. The number of primary amides is 1. The Labute approximate surface area is 199 Å². The molecule has 2 saturated heterocycles. The number of aryl methyl sites for hydroxylation is 1. The van der Waals surface area contributed by atoms with Crippen molar-refractivity contribution < 1.29 is 19.5 Å². The number of hydrogen-bond donors (Lipinski definition) is 2. The number of carbonyl (C=O) groups is 3. The predicted octanol–water partition coefficient (Wildman–Crippen LogP) is 3.87. The van der Waals surface area contributed by atoms with Crippen molar-refractivity contribution in [3.8, 4) is 0 Å². The lowest BCUT2D eigenvalue weighted by Gasteiger charge is -2.38. The first kappa shape index (κ1) is 23.7. The fourth-order valence-electron chi connectivity index (χ4n) is 5.13. The summed E-state index contributed by atoms with van der Waals surface area (Å²) >= 11 is 0. The molecule has 0 bridgehead atoms. The summed E-state index contributed by atoms with van der Waals surface area (Å²) in [5.41, 5.74) is 8.23. The minimum absolute atomic E-state index is 0.109. The van der Waals surface area contributed by atoms with E-state index in [0.717, 1.165) is 56.3 Å². The van der Waals surface area contributed by atoms with E-state index < -0.39 is 12.0 Å². The van der Waals surface area contributed by atoms with E-state index in [2.05, 4.69) is 11.1 Å². The zero-order valence-electron chi connectivity index (χ0n) is 19.4. The molecule has 2 unspecified atom stereocenters. The van der Waals surface area contributed by atoms with E-state index in [0.29, 0.717) is 24.4 Å². The molecule has 3 amide bonds. The van der Waals surface area contributed by atoms with Crippen LogP contribution in [0.4, 0.5) is 4.79 Å². The van der Waals surface area contributed by atoms with Gasteiger partial charge in [-0.25, -0.2) is 4.79 Å². The largest absolute Gasteiger partial charge is 0.465 e. The molecular weight excluding hydrogens is 432 g/mol. The van der Waals surface area contributed by atoms with Crippen molar-refractivity contribution >= 4 is 17.9 Å². The van der Waals surface area contributed by atoms with Gasteiger partial charge in [-0.05, 0) is 80.2 Å². The van der Waals surface area contributed by atoms with Crippen LogP contribution in [-0.2, 0) is 6.42 Å². The van der Waals surface area contributed by atoms with Gasteiger partial charge in [0.25, 0.3) is 5.91 Å². The van der Waals surface area contributed by atoms with Gasteiger partial charge < -0.3 is 20.6 Å². The molecule has 2 aliphatic heterocycles. The highest BCUT2D eigenvalue weighted by Gasteiger charge is 2.33. The van der Waals surface area contributed by atoms with E-state index in [1.54, 1.807) is 12.3 Å². The van der Waals surface area contributed by atoms with Crippen LogP contribution in [0.1, 0.15) is 76.4 Å². The maximum Gasteiger partial charge on any atom is 0.407 e. The number of amides is 3. The van der Waals surface area contributed by atoms with Crippen LogP contribution in [0.3, 0.4) is 0 Å². The summed E-state index contributed by atoms with van der Waals surface area (Å²) in [7, 11) is 0. The summed E-state index contributed by atoms with van der Waals surface area (Å²) in [6.07, 6.45) is 8.52. The van der Waals surface area contributed by atoms with Crippen molar-refractivity contribution in [3.05, 3.63) is 65.0 Å². The van der Waals surface area contributed by atoms with Crippen LogP contribution < -0.4 is 5.73 Å². The molecule has 8 heteroatoms. The van der Waals surface area contributed by atoms with E-state index in [9.17, 15) is 19.5 Å². The lowest BCUT2D eigenvalue weighted by molar-refractivity contribution is 0.0724. The van der Waals surface area contributed by atoms with Crippen molar-refractivity contribution in [2.24, 2.45) is 11.7 Å². The first-order valence-corrected chi connectivity index (χ1v) is 12.0. The first-order chi connectivity index (χ1) is 16.4. The summed E-state index contributed by atoms with van der Waals surface area (Å²) < 4.78 is 0. The molecule has 2 aromatic rings. The summed E-state index contributed by atoms with van der Waals surface area (Å²) in [5.74, 6) is -0.153. The van der Waals surface area contributed by atoms with E-state index in [1.165, 1.54) is 17.5 Å². The highest BCUT2D eigenvalue weighted by Crippen LogP contribution is 2.36. The lowest BCUT2D eigenvalue weighted by atomic mass is 9.84. The molecule has 4 rings (SSSR count). The zero-order valence-corrected chi connectivity index (χ0v) is 19.4. The monoisotopic (exact) mass is 464 g/mol. The lowest BCUT2D eigenvalue weighted by Crippen LogP contribution is -2.40. The average molecular weight is 465 g/mol. The normalized spacial score (nSPS) is 20.7. The van der Waals surface area contributed by atoms with Crippen LogP contribution in [0, 0.1) is 5.92 Å². The minimum Gasteiger partial charge on any atom is -0.465 e. The fraction of sp³-hybridized carbons (Fsp3) is 0.462. The number of carbonyl (C=O) groups excluding carboxylic acids is 2. The van der Waals surface area contributed by atoms with Crippen LogP contribution in [0.25, 0.3) is 0 Å². The number of likely N-dealkylation sites (tertiary alicyclic amines) is 2. The molecule has 2 aliphatic rings. The second-order valence-electron chi connectivity index (χ2n) is 9.35. The molecule has 34 heavy (non-hydrogen) atoms. The molecule has 1 aromatic carbocycles. The van der Waals surface area contributed by atoms with Crippen LogP contribution in [-0.4, -0.2) is 57.4 Å². The molecule has 0 aliphatic carbocycles. The molecule has 0 radical (unpaired) electrons. The Morgan fingerprint density at radius 1 is 1.03 bits per heavy atom. The Kier molecular flexibility index (Phi) is 7.45. The van der Waals surface area contributed by atoms with Crippen molar-refractivity contribution in [1.29, 1.82) is 0 Å². The SMILES string of the molecule is NC(=O)c1cncc(C2CC(CCc3cccc(C(=O)N4CCCCC4)c3)CCN2C(=O)O)c1. The van der Waals surface area contributed by atoms with Gasteiger partial charge in [-0.1, -0.05) is 12.1 Å². The summed E-state index contributed by atoms with van der Waals surface area (Å²) in [5, 5.41) is 9.71. The van der Waals surface area contributed by atoms with Gasteiger partial charge in [0.1, 0.15) is 0 Å². The van der Waals surface area contributed by atoms with Crippen LogP contribution in [0.5, 0.6) is 0 Å². The second-order valence-corrected chi connectivity index (χ2v) is 9.35. The van der Waals surface area contributed by atoms with E-state index in [4.69, 9.17) is 5.73 Å². The van der Waals surface area contributed by atoms with Crippen LogP contribution in [0.2, 0.25) is 0 Å². The third-order valence-corrected chi connectivity index (χ3v) is 7.04. The number of piperidine rings is 2. The Morgan fingerprint density at radius 3 is 2.56 bits per heavy atom. The second kappa shape index (κ2) is 10.7. The molecule has 180 valence electrons. The maximum atomic E-state index is 12.9. The number of hydrogen-bond acceptors (Lipinski definition) is 4. The number of nitrogens with zero attached hydrogens (tertiary/aromatic N) is 3. The van der Waals surface area contributed by atoms with Crippen LogP contribution in [0.15, 0.2) is 42.7 Å². The molecule has 0 saturated carbocycles. The summed E-state index contributed by atoms with van der Waals surface area (Å²) in [6, 6.07) is 9.17. The molecule has 8 nitrogen and oxygen atoms in total. The molecule has 3 N–H and O–H groups in total. The molecule has 2 fully saturated rings. The first-order valence-electron chi connectivity index (χ1n) is 12.0. The van der Waals surface area contributed by atoms with Crippen LogP contribution >= 0.6 is 0 Å². The molecule has 0 spiro atoms. The maximum absolute atomic E-state index is 12.9. The topological polar surface area (TPSA) is 117 Å². The molecule has 1 aromatic heterocycles. The molecule has 3 heterocycles. The van der Waals surface area contributed by atoms with Crippen molar-refractivity contribution in [1.82, 2.24) is 14.8 Å². The number of carboxylic acid groups (broad SMARTS) is 1. The third-order valence-electron chi connectivity index (χ3n) is 7.04. The summed E-state index contributed by atoms with van der Waals surface area (Å²) in [6.45, 7) is 2.09. The smallest absolute Gasteiger partial charge is 0.407 e. The Balaban J connectivity index is 1.42. The van der Waals surface area contributed by atoms with Gasteiger partial charge in [-0.3, -0.25) is 14.6 Å². The van der Waals surface area contributed by atoms with E-state index >= 15 is 0 Å². The number of pyridine rings is 1. The van der Waals surface area contributed by atoms with Crippen molar-refractivity contribution in [2.75, 3.05) is 19.6 Å². The molecular formula is C26H32N4O4. The van der Waals surface area contributed by atoms with Gasteiger partial charge in [-0.2, -0.15) is 0 Å². The Morgan fingerprint density at radius 2 is 1.82 bits per heavy atom. The van der Waals surface area contributed by atoms with Crippen molar-refractivity contribution in [2.45, 2.75) is 51.0 Å². The van der Waals surface area contributed by atoms with Gasteiger partial charge in [-0.15, -0.1) is 0 Å². The van der Waals surface area contributed by atoms with Gasteiger partial charge in [0.15, 0.2) is 0 Å². The molecule has 2 atom stereocenters. The minimum atomic E-state index is -0.975. The Bertz CT molecular complexity index is 1050. The number of aromatic nitrogens is 1. The van der Waals surface area contributed by atoms with Gasteiger partial charge in [0.05, 0.1) is 11.6 Å². The number of nitrogens with two attached hydrogens (primary N) is 1. The summed E-state index contributed by atoms with van der Waals surface area (Å²) in [4.78, 5) is 43.8. The average Bonchev–Trinajstić information content (AvgIpc) is 2.87. The fourth-order valence-corrected chi connectivity index (χ4v) is 5.13. The highest BCUT2D eigenvalue weighted by molar-refractivity contribution is 5.94. The quantitative estimate of drug-likeness (QED) is 0.673. The van der Waals surface area contributed by atoms with Gasteiger partial charge in [0.2, 0.25) is 5.91 Å². The Hall–Kier alpha value is -3.42.